The predicted molar refractivity (Wildman–Crippen MR) is 80.4 cm³/mol. The minimum absolute atomic E-state index is 0.0275. The van der Waals surface area contributed by atoms with Gasteiger partial charge in [0.2, 0.25) is 0 Å². The van der Waals surface area contributed by atoms with Gasteiger partial charge in [-0.3, -0.25) is 0 Å². The molecule has 1 aromatic heterocycles. The van der Waals surface area contributed by atoms with Crippen molar-refractivity contribution in [2.24, 2.45) is 0 Å². The van der Waals surface area contributed by atoms with Gasteiger partial charge in [-0.2, -0.15) is 5.10 Å². The van der Waals surface area contributed by atoms with Gasteiger partial charge in [0.15, 0.2) is 5.82 Å². The first kappa shape index (κ1) is 15.6. The van der Waals surface area contributed by atoms with E-state index >= 15 is 0 Å². The molecule has 6 nitrogen and oxygen atoms in total. The van der Waals surface area contributed by atoms with E-state index in [-0.39, 0.29) is 17.9 Å². The highest BCUT2D eigenvalue weighted by atomic mass is 35.5. The Morgan fingerprint density at radius 3 is 2.62 bits per heavy atom. The van der Waals surface area contributed by atoms with Crippen molar-refractivity contribution in [2.45, 2.75) is 33.0 Å². The summed E-state index contributed by atoms with van der Waals surface area (Å²) in [6.45, 7) is 5.70. The highest BCUT2D eigenvalue weighted by Crippen LogP contribution is 2.27. The maximum atomic E-state index is 12.0. The molecule has 0 aliphatic carbocycles. The molecule has 2 rings (SSSR count). The highest BCUT2D eigenvalue weighted by Gasteiger charge is 2.19. The van der Waals surface area contributed by atoms with Gasteiger partial charge in [-0.1, -0.05) is 11.6 Å². The number of hydrogen-bond acceptors (Lipinski definition) is 4. The van der Waals surface area contributed by atoms with Crippen LogP contribution in [0, 0.1) is 0 Å². The quantitative estimate of drug-likeness (QED) is 0.921. The first-order valence-corrected chi connectivity index (χ1v) is 6.98. The minimum Gasteiger partial charge on any atom is -0.495 e. The van der Waals surface area contributed by atoms with Crippen LogP contribution in [-0.2, 0) is 4.74 Å². The molecule has 1 heterocycles. The van der Waals surface area contributed by atoms with Crippen LogP contribution in [0.25, 0.3) is 5.69 Å². The highest BCUT2D eigenvalue weighted by molar-refractivity contribution is 6.32. The Kier molecular flexibility index (Phi) is 4.69. The van der Waals surface area contributed by atoms with Crippen LogP contribution in [0.5, 0.6) is 5.75 Å². The van der Waals surface area contributed by atoms with E-state index in [0.717, 1.165) is 0 Å². The minimum atomic E-state index is -0.342. The number of benzene rings is 1. The number of aromatic nitrogens is 3. The molecule has 0 spiro atoms. The Hall–Kier alpha value is -1.79. The number of nitrogens with zero attached hydrogens (tertiary/aromatic N) is 2. The van der Waals surface area contributed by atoms with Crippen LogP contribution in [0.1, 0.15) is 32.7 Å². The van der Waals surface area contributed by atoms with Crippen molar-refractivity contribution in [3.63, 3.8) is 0 Å². The lowest BCUT2D eigenvalue weighted by atomic mass is 10.2. The summed E-state index contributed by atoms with van der Waals surface area (Å²) >= 11 is 6.11. The summed E-state index contributed by atoms with van der Waals surface area (Å²) in [6.07, 6.45) is -0.301. The third-order valence-corrected chi connectivity index (χ3v) is 3.23. The molecule has 0 aliphatic rings. The molecule has 0 bridgehead atoms. The molecule has 0 fully saturated rings. The summed E-state index contributed by atoms with van der Waals surface area (Å²) in [5.41, 5.74) is 0.263. The molecule has 0 amide bonds. The third-order valence-electron chi connectivity index (χ3n) is 2.93. The molecular formula is C14H18ClN3O3. The van der Waals surface area contributed by atoms with E-state index in [2.05, 4.69) is 10.2 Å². The van der Waals surface area contributed by atoms with Gasteiger partial charge in [-0.15, -0.1) is 0 Å². The number of H-pyrrole nitrogens is 1. The van der Waals surface area contributed by atoms with Crippen molar-refractivity contribution in [1.29, 1.82) is 0 Å². The van der Waals surface area contributed by atoms with Crippen LogP contribution in [-0.4, -0.2) is 28.0 Å². The molecule has 0 aliphatic heterocycles. The third kappa shape index (κ3) is 3.28. The normalized spacial score (nSPS) is 12.7. The maximum Gasteiger partial charge on any atom is 0.348 e. The van der Waals surface area contributed by atoms with E-state index in [9.17, 15) is 4.79 Å². The maximum absolute atomic E-state index is 12.0. The second-order valence-electron chi connectivity index (χ2n) is 4.87. The zero-order valence-electron chi connectivity index (χ0n) is 12.4. The molecule has 0 saturated heterocycles. The first-order chi connectivity index (χ1) is 9.93. The summed E-state index contributed by atoms with van der Waals surface area (Å²) in [7, 11) is 1.54. The summed E-state index contributed by atoms with van der Waals surface area (Å²) in [5, 5.41) is 6.91. The Morgan fingerprint density at radius 1 is 1.33 bits per heavy atom. The zero-order valence-corrected chi connectivity index (χ0v) is 13.1. The van der Waals surface area contributed by atoms with Gasteiger partial charge in [-0.05, 0) is 39.0 Å². The van der Waals surface area contributed by atoms with Crippen molar-refractivity contribution < 1.29 is 9.47 Å². The number of halogens is 1. The van der Waals surface area contributed by atoms with Crippen molar-refractivity contribution >= 4 is 11.6 Å². The van der Waals surface area contributed by atoms with Gasteiger partial charge in [-0.25, -0.2) is 14.5 Å². The number of nitrogens with one attached hydrogen (secondary N) is 1. The number of ether oxygens (including phenoxy) is 2. The molecule has 0 unspecified atom stereocenters. The van der Waals surface area contributed by atoms with Gasteiger partial charge in [0, 0.05) is 0 Å². The summed E-state index contributed by atoms with van der Waals surface area (Å²) in [4.78, 5) is 12.0. The van der Waals surface area contributed by atoms with Gasteiger partial charge in [0.1, 0.15) is 11.9 Å². The van der Waals surface area contributed by atoms with Crippen molar-refractivity contribution in [3.05, 3.63) is 39.5 Å². The summed E-state index contributed by atoms with van der Waals surface area (Å²) < 4.78 is 12.2. The smallest absolute Gasteiger partial charge is 0.348 e. The number of aromatic amines is 1. The summed E-state index contributed by atoms with van der Waals surface area (Å²) in [6, 6.07) is 5.10. The molecular weight excluding hydrogens is 294 g/mol. The molecule has 1 aromatic carbocycles. The van der Waals surface area contributed by atoms with E-state index in [1.807, 2.05) is 20.8 Å². The average Bonchev–Trinajstić information content (AvgIpc) is 2.80. The largest absolute Gasteiger partial charge is 0.495 e. The Balaban J connectivity index is 2.46. The fourth-order valence-electron chi connectivity index (χ4n) is 2.09. The van der Waals surface area contributed by atoms with Crippen LogP contribution < -0.4 is 10.4 Å². The lowest BCUT2D eigenvalue weighted by Crippen LogP contribution is -2.20. The average molecular weight is 312 g/mol. The lowest BCUT2D eigenvalue weighted by Gasteiger charge is -2.16. The van der Waals surface area contributed by atoms with Gasteiger partial charge in [0.25, 0.3) is 0 Å². The monoisotopic (exact) mass is 311 g/mol. The Labute approximate surface area is 127 Å². The van der Waals surface area contributed by atoms with Crippen molar-refractivity contribution in [2.75, 3.05) is 7.11 Å². The first-order valence-electron chi connectivity index (χ1n) is 6.60. The van der Waals surface area contributed by atoms with Crippen molar-refractivity contribution in [3.8, 4) is 11.4 Å². The van der Waals surface area contributed by atoms with Gasteiger partial charge >= 0.3 is 5.69 Å². The standard InChI is InChI=1S/C14H18ClN3O3/c1-8(2)21-9(3)13-16-17-14(19)18(13)10-5-6-12(20-4)11(15)7-10/h5-9H,1-4H3,(H,17,19)/t9-/m1/s1. The van der Waals surface area contributed by atoms with Crippen LogP contribution in [0.2, 0.25) is 5.02 Å². The topological polar surface area (TPSA) is 69.1 Å². The second kappa shape index (κ2) is 6.32. The van der Waals surface area contributed by atoms with Crippen LogP contribution in [0.4, 0.5) is 0 Å². The molecule has 1 atom stereocenters. The molecule has 7 heteroatoms. The number of rotatable bonds is 5. The molecule has 2 aromatic rings. The molecule has 0 saturated carbocycles. The fraction of sp³-hybridized carbons (Fsp3) is 0.429. The SMILES string of the molecule is COc1ccc(-n2c([C@@H](C)OC(C)C)n[nH]c2=O)cc1Cl. The second-order valence-corrected chi connectivity index (χ2v) is 5.28. The molecule has 1 N–H and O–H groups in total. The zero-order chi connectivity index (χ0) is 15.6. The van der Waals surface area contributed by atoms with Gasteiger partial charge in [0.05, 0.1) is 23.9 Å². The lowest BCUT2D eigenvalue weighted by molar-refractivity contribution is 0.0118. The fourth-order valence-corrected chi connectivity index (χ4v) is 2.35. The van der Waals surface area contributed by atoms with Crippen molar-refractivity contribution in [1.82, 2.24) is 14.8 Å². The van der Waals surface area contributed by atoms with E-state index < -0.39 is 0 Å². The molecule has 21 heavy (non-hydrogen) atoms. The Bertz CT molecular complexity index is 678. The molecule has 114 valence electrons. The van der Waals surface area contributed by atoms with E-state index in [1.165, 1.54) is 11.7 Å². The summed E-state index contributed by atoms with van der Waals surface area (Å²) in [5.74, 6) is 1.04. The van der Waals surface area contributed by atoms with E-state index in [0.29, 0.717) is 22.3 Å². The number of methoxy groups -OCH3 is 1. The van der Waals surface area contributed by atoms with Crippen LogP contribution >= 0.6 is 11.6 Å². The van der Waals surface area contributed by atoms with Crippen LogP contribution in [0.15, 0.2) is 23.0 Å². The predicted octanol–water partition coefficient (Wildman–Crippen LogP) is 2.71. The van der Waals surface area contributed by atoms with Gasteiger partial charge < -0.3 is 9.47 Å². The van der Waals surface area contributed by atoms with E-state index in [4.69, 9.17) is 21.1 Å². The molecule has 0 radical (unpaired) electrons. The number of hydrogen-bond donors (Lipinski definition) is 1. The van der Waals surface area contributed by atoms with E-state index in [1.54, 1.807) is 18.2 Å². The van der Waals surface area contributed by atoms with Crippen LogP contribution in [0.3, 0.4) is 0 Å². The Morgan fingerprint density at radius 2 is 2.05 bits per heavy atom.